The van der Waals surface area contributed by atoms with Gasteiger partial charge in [0, 0.05) is 41.5 Å². The van der Waals surface area contributed by atoms with Gasteiger partial charge in [-0.25, -0.2) is 9.59 Å². The van der Waals surface area contributed by atoms with Crippen molar-refractivity contribution in [3.63, 3.8) is 0 Å². The predicted octanol–water partition coefficient (Wildman–Crippen LogP) is 2.68. The molecule has 0 unspecified atom stereocenters. The van der Waals surface area contributed by atoms with Gasteiger partial charge in [-0.15, -0.1) is 0 Å². The number of carbonyl (C=O) groups excluding carboxylic acids is 5. The Morgan fingerprint density at radius 3 is 0.951 bits per heavy atom. The number of hydrogen-bond acceptors (Lipinski definition) is 12. The third kappa shape index (κ3) is 30.5. The van der Waals surface area contributed by atoms with Crippen LogP contribution in [0, 0.1) is 0 Å². The number of phenols is 1. The lowest BCUT2D eigenvalue weighted by atomic mass is 10.2. The molecule has 2 rings (SSSR count). The maximum Gasteiger partial charge on any atom is 0.335 e. The van der Waals surface area contributed by atoms with E-state index >= 15 is 0 Å². The highest BCUT2D eigenvalue weighted by Gasteiger charge is 2.03. The molecule has 15 heteroatoms. The first kappa shape index (κ1) is 39.9. The van der Waals surface area contributed by atoms with Crippen LogP contribution in [-0.4, -0.2) is 68.2 Å². The molecule has 0 aliphatic rings. The number of aliphatic carboxylic acids is 1. The zero-order chi connectivity index (χ0) is 32.7. The van der Waals surface area contributed by atoms with Gasteiger partial charge in [0.1, 0.15) is 11.5 Å². The molecule has 2 aromatic rings. The van der Waals surface area contributed by atoms with Crippen LogP contribution >= 0.6 is 0 Å². The van der Waals surface area contributed by atoms with E-state index in [0.717, 1.165) is 6.92 Å². The minimum absolute atomic E-state index is 0.0741. The van der Waals surface area contributed by atoms with Crippen molar-refractivity contribution in [3.8, 4) is 11.5 Å². The molecule has 4 N–H and O–H groups in total. The monoisotopic (exact) mass is 582 g/mol. The number of rotatable bonds is 3. The molecule has 0 aliphatic carbocycles. The highest BCUT2D eigenvalue weighted by Crippen LogP contribution is 2.12. The van der Waals surface area contributed by atoms with Crippen LogP contribution in [0.1, 0.15) is 62.3 Å². The second-order valence-electron chi connectivity index (χ2n) is 6.96. The number of phenolic OH excluding ortho intramolecular Hbond substituents is 1. The van der Waals surface area contributed by atoms with Gasteiger partial charge in [0.05, 0.1) is 11.1 Å². The Balaban J connectivity index is -0.000000464. The van der Waals surface area contributed by atoms with Gasteiger partial charge in [0.2, 0.25) is 0 Å². The van der Waals surface area contributed by atoms with Gasteiger partial charge in [-0.1, -0.05) is 0 Å². The summed E-state index contributed by atoms with van der Waals surface area (Å²) >= 11 is 0. The first-order valence-electron chi connectivity index (χ1n) is 10.9. The standard InChI is InChI=1S/C9H8O4.C7H6O3.2C4H6O3.C2H4O2/c1-6(10)13-8-4-2-7(3-5-8)9(11)12;8-6-3-1-5(2-4-6)7(9)10;2*1-3(5)7-4(2)6;1-2(3)4/h2-5H,1H3,(H,11,12);1-4,8H,(H,9,10);2*1-2H3;1H3,(H,3,4). The molecular weight excluding hydrogens is 552 g/mol. The lowest BCUT2D eigenvalue weighted by molar-refractivity contribution is -0.158. The van der Waals surface area contributed by atoms with Crippen molar-refractivity contribution in [2.75, 3.05) is 0 Å². The van der Waals surface area contributed by atoms with Crippen LogP contribution in [0.3, 0.4) is 0 Å². The number of esters is 5. The van der Waals surface area contributed by atoms with E-state index in [0.29, 0.717) is 5.75 Å². The average molecular weight is 583 g/mol. The van der Waals surface area contributed by atoms with Crippen molar-refractivity contribution in [1.29, 1.82) is 0 Å². The Morgan fingerprint density at radius 2 is 0.756 bits per heavy atom. The molecule has 0 saturated carbocycles. The molecule has 0 atom stereocenters. The van der Waals surface area contributed by atoms with E-state index in [1.165, 1.54) is 83.1 Å². The molecular formula is C26H30O15. The van der Waals surface area contributed by atoms with Crippen LogP contribution in [0.15, 0.2) is 48.5 Å². The summed E-state index contributed by atoms with van der Waals surface area (Å²) < 4.78 is 12.7. The number of carboxylic acid groups (broad SMARTS) is 3. The smallest absolute Gasteiger partial charge is 0.335 e. The van der Waals surface area contributed by atoms with Crippen molar-refractivity contribution in [2.24, 2.45) is 0 Å². The fraction of sp³-hybridized carbons (Fsp3) is 0.231. The van der Waals surface area contributed by atoms with E-state index < -0.39 is 47.8 Å². The molecule has 0 amide bonds. The Kier molecular flexibility index (Phi) is 21.8. The van der Waals surface area contributed by atoms with Crippen molar-refractivity contribution in [2.45, 2.75) is 41.5 Å². The summed E-state index contributed by atoms with van der Waals surface area (Å²) in [5.74, 6) is -5.08. The van der Waals surface area contributed by atoms with E-state index in [1.807, 2.05) is 0 Å². The number of carboxylic acids is 3. The molecule has 0 aliphatic heterocycles. The SMILES string of the molecule is CC(=O)O.CC(=O)OC(C)=O.CC(=O)OC(C)=O.CC(=O)Oc1ccc(C(=O)O)cc1.O=C(O)c1ccc(O)cc1. The fourth-order valence-electron chi connectivity index (χ4n) is 1.84. The summed E-state index contributed by atoms with van der Waals surface area (Å²) in [6, 6.07) is 11.0. The number of ether oxygens (including phenoxy) is 3. The molecule has 0 bridgehead atoms. The lowest BCUT2D eigenvalue weighted by Gasteiger charge is -2.00. The summed E-state index contributed by atoms with van der Waals surface area (Å²) in [5.41, 5.74) is 0.341. The zero-order valence-electron chi connectivity index (χ0n) is 22.9. The van der Waals surface area contributed by atoms with Crippen LogP contribution in [-0.2, 0) is 38.2 Å². The number of aromatic carboxylic acids is 2. The fourth-order valence-corrected chi connectivity index (χ4v) is 1.84. The minimum atomic E-state index is -1.01. The summed E-state index contributed by atoms with van der Waals surface area (Å²) in [4.78, 5) is 79.4. The molecule has 0 saturated heterocycles. The van der Waals surface area contributed by atoms with Crippen LogP contribution in [0.4, 0.5) is 0 Å². The normalized spacial score (nSPS) is 8.44. The van der Waals surface area contributed by atoms with E-state index in [-0.39, 0.29) is 16.9 Å². The van der Waals surface area contributed by atoms with Crippen molar-refractivity contribution in [1.82, 2.24) is 0 Å². The lowest BCUT2D eigenvalue weighted by Crippen LogP contribution is -2.03. The topological polar surface area (TPSA) is 245 Å². The molecule has 0 heterocycles. The summed E-state index contributed by atoms with van der Waals surface area (Å²) in [7, 11) is 0. The van der Waals surface area contributed by atoms with Crippen LogP contribution in [0.5, 0.6) is 11.5 Å². The maximum absolute atomic E-state index is 10.5. The van der Waals surface area contributed by atoms with Crippen LogP contribution in [0.2, 0.25) is 0 Å². The zero-order valence-corrected chi connectivity index (χ0v) is 22.9. The van der Waals surface area contributed by atoms with Gasteiger partial charge >= 0.3 is 41.8 Å². The van der Waals surface area contributed by atoms with E-state index in [4.69, 9.17) is 30.0 Å². The number of benzene rings is 2. The number of aromatic hydroxyl groups is 1. The molecule has 0 radical (unpaired) electrons. The second kappa shape index (κ2) is 22.4. The molecule has 15 nitrogen and oxygen atoms in total. The maximum atomic E-state index is 10.5. The second-order valence-corrected chi connectivity index (χ2v) is 6.96. The van der Waals surface area contributed by atoms with Gasteiger partial charge in [-0.05, 0) is 48.5 Å². The molecule has 0 fully saturated rings. The largest absolute Gasteiger partial charge is 0.508 e. The number of hydrogen-bond donors (Lipinski definition) is 4. The number of carbonyl (C=O) groups is 8. The predicted molar refractivity (Wildman–Crippen MR) is 138 cm³/mol. The average Bonchev–Trinajstić information content (AvgIpc) is 2.78. The van der Waals surface area contributed by atoms with E-state index in [9.17, 15) is 33.6 Å². The van der Waals surface area contributed by atoms with Gasteiger partial charge in [-0.3, -0.25) is 28.8 Å². The van der Waals surface area contributed by atoms with Crippen LogP contribution < -0.4 is 4.74 Å². The van der Waals surface area contributed by atoms with Crippen molar-refractivity contribution in [3.05, 3.63) is 59.7 Å². The quantitative estimate of drug-likeness (QED) is 0.231. The van der Waals surface area contributed by atoms with E-state index in [1.54, 1.807) is 0 Å². The molecule has 0 spiro atoms. The van der Waals surface area contributed by atoms with Crippen molar-refractivity contribution >= 4 is 47.8 Å². The van der Waals surface area contributed by atoms with Gasteiger partial charge in [0.25, 0.3) is 5.97 Å². The Bertz CT molecular complexity index is 1130. The molecule has 0 aromatic heterocycles. The van der Waals surface area contributed by atoms with Crippen LogP contribution in [0.25, 0.3) is 0 Å². The van der Waals surface area contributed by atoms with Gasteiger partial charge in [0.15, 0.2) is 0 Å². The van der Waals surface area contributed by atoms with Gasteiger partial charge < -0.3 is 34.6 Å². The highest BCUT2D eigenvalue weighted by molar-refractivity contribution is 5.88. The minimum Gasteiger partial charge on any atom is -0.508 e. The van der Waals surface area contributed by atoms with Crippen molar-refractivity contribution < 1.29 is 73.0 Å². The first-order chi connectivity index (χ1) is 18.8. The third-order valence-electron chi connectivity index (χ3n) is 3.05. The molecule has 41 heavy (non-hydrogen) atoms. The Labute approximate surface area is 233 Å². The third-order valence-corrected chi connectivity index (χ3v) is 3.05. The summed E-state index contributed by atoms with van der Waals surface area (Å²) in [6.07, 6.45) is 0. The van der Waals surface area contributed by atoms with E-state index in [2.05, 4.69) is 9.47 Å². The van der Waals surface area contributed by atoms with Gasteiger partial charge in [-0.2, -0.15) is 0 Å². The molecule has 2 aromatic carbocycles. The highest BCUT2D eigenvalue weighted by atomic mass is 16.6. The Morgan fingerprint density at radius 1 is 0.488 bits per heavy atom. The molecule has 224 valence electrons. The summed E-state index contributed by atoms with van der Waals surface area (Å²) in [5, 5.41) is 33.1. The summed E-state index contributed by atoms with van der Waals surface area (Å²) in [6.45, 7) is 7.09. The Hall–Kier alpha value is -5.60. The first-order valence-corrected chi connectivity index (χ1v) is 10.9.